The Morgan fingerprint density at radius 2 is 1.84 bits per heavy atom. The minimum absolute atomic E-state index is 0.406. The molecule has 0 unspecified atom stereocenters. The van der Waals surface area contributed by atoms with Gasteiger partial charge in [-0.15, -0.1) is 0 Å². The van der Waals surface area contributed by atoms with Gasteiger partial charge >= 0.3 is 5.97 Å². The molecule has 8 nitrogen and oxygen atoms in total. The van der Waals surface area contributed by atoms with Crippen LogP contribution in [0.15, 0.2) is 48.7 Å². The number of hydrogen-bond donors (Lipinski definition) is 0. The number of aromatic nitrogens is 4. The van der Waals surface area contributed by atoms with Crippen LogP contribution in [0.2, 0.25) is 0 Å². The van der Waals surface area contributed by atoms with Crippen LogP contribution in [-0.2, 0) is 4.79 Å². The van der Waals surface area contributed by atoms with E-state index < -0.39 is 5.97 Å². The van der Waals surface area contributed by atoms with Crippen LogP contribution in [0.5, 0.6) is 17.2 Å². The molecule has 2 aromatic carbocycles. The number of nitrogens with zero attached hydrogens (tertiary/aromatic N) is 4. The van der Waals surface area contributed by atoms with Crippen molar-refractivity contribution < 1.29 is 19.0 Å². The van der Waals surface area contributed by atoms with Crippen molar-refractivity contribution in [3.8, 4) is 22.9 Å². The lowest BCUT2D eigenvalue weighted by atomic mass is 10.2. The van der Waals surface area contributed by atoms with E-state index in [4.69, 9.17) is 24.2 Å². The van der Waals surface area contributed by atoms with E-state index in [0.29, 0.717) is 47.1 Å². The molecule has 0 spiro atoms. The van der Waals surface area contributed by atoms with Crippen molar-refractivity contribution in [3.05, 3.63) is 54.5 Å². The summed E-state index contributed by atoms with van der Waals surface area (Å²) in [5, 5.41) is 0.673. The van der Waals surface area contributed by atoms with E-state index in [2.05, 4.69) is 0 Å². The van der Waals surface area contributed by atoms with Crippen LogP contribution in [-0.4, -0.2) is 38.1 Å². The number of rotatable bonds is 2. The predicted molar refractivity (Wildman–Crippen MR) is 114 cm³/mol. The van der Waals surface area contributed by atoms with Gasteiger partial charge in [-0.25, -0.2) is 9.97 Å². The van der Waals surface area contributed by atoms with Gasteiger partial charge in [0.05, 0.1) is 22.9 Å². The van der Waals surface area contributed by atoms with Crippen LogP contribution in [0.3, 0.4) is 0 Å². The Labute approximate surface area is 176 Å². The van der Waals surface area contributed by atoms with Crippen molar-refractivity contribution in [2.75, 3.05) is 13.2 Å². The first-order valence-corrected chi connectivity index (χ1v) is 9.97. The summed E-state index contributed by atoms with van der Waals surface area (Å²) in [4.78, 5) is 21.5. The molecule has 5 aromatic rings. The maximum atomic E-state index is 11.9. The molecule has 154 valence electrons. The van der Waals surface area contributed by atoms with Gasteiger partial charge in [0.1, 0.15) is 24.4 Å². The number of esters is 1. The van der Waals surface area contributed by atoms with Crippen molar-refractivity contribution >= 4 is 33.7 Å². The van der Waals surface area contributed by atoms with Gasteiger partial charge in [-0.3, -0.25) is 13.8 Å². The van der Waals surface area contributed by atoms with Crippen LogP contribution < -0.4 is 14.2 Å². The number of aryl methyl sites for hydroxylation is 1. The molecule has 1 aliphatic heterocycles. The summed E-state index contributed by atoms with van der Waals surface area (Å²) in [7, 11) is 0. The van der Waals surface area contributed by atoms with Crippen LogP contribution in [0, 0.1) is 6.92 Å². The largest absolute Gasteiger partial charge is 0.486 e. The molecule has 0 saturated heterocycles. The van der Waals surface area contributed by atoms with Crippen molar-refractivity contribution in [2.24, 2.45) is 0 Å². The highest BCUT2D eigenvalue weighted by molar-refractivity contribution is 6.01. The Hall–Kier alpha value is -4.07. The Morgan fingerprint density at radius 1 is 1.03 bits per heavy atom. The molecule has 4 heterocycles. The van der Waals surface area contributed by atoms with Crippen LogP contribution >= 0.6 is 0 Å². The summed E-state index contributed by atoms with van der Waals surface area (Å²) in [6.07, 6.45) is 1.77. The molecule has 31 heavy (non-hydrogen) atoms. The summed E-state index contributed by atoms with van der Waals surface area (Å²) in [6, 6.07) is 13.6. The highest BCUT2D eigenvalue weighted by Gasteiger charge is 2.22. The number of ether oxygens (including phenoxy) is 3. The summed E-state index contributed by atoms with van der Waals surface area (Å²) in [5.41, 5.74) is 3.95. The molecule has 0 amide bonds. The smallest absolute Gasteiger partial charge is 0.308 e. The summed E-state index contributed by atoms with van der Waals surface area (Å²) < 4.78 is 20.8. The zero-order valence-electron chi connectivity index (χ0n) is 17.0. The van der Waals surface area contributed by atoms with Crippen LogP contribution in [0.25, 0.3) is 33.4 Å². The van der Waals surface area contributed by atoms with Gasteiger partial charge in [0.15, 0.2) is 28.5 Å². The molecule has 0 bridgehead atoms. The number of hydrogen-bond acceptors (Lipinski definition) is 6. The van der Waals surface area contributed by atoms with Crippen molar-refractivity contribution in [3.63, 3.8) is 0 Å². The van der Waals surface area contributed by atoms with Crippen LogP contribution in [0.1, 0.15) is 12.7 Å². The summed E-state index contributed by atoms with van der Waals surface area (Å²) in [5.74, 6) is 2.16. The molecule has 0 radical (unpaired) electrons. The zero-order valence-corrected chi connectivity index (χ0v) is 17.0. The summed E-state index contributed by atoms with van der Waals surface area (Å²) >= 11 is 0. The third-order valence-electron chi connectivity index (χ3n) is 5.38. The van der Waals surface area contributed by atoms with Gasteiger partial charge in [0.2, 0.25) is 0 Å². The first-order valence-electron chi connectivity index (χ1n) is 9.97. The monoisotopic (exact) mass is 414 g/mol. The zero-order chi connectivity index (χ0) is 21.1. The van der Waals surface area contributed by atoms with Crippen molar-refractivity contribution in [2.45, 2.75) is 13.8 Å². The van der Waals surface area contributed by atoms with E-state index in [9.17, 15) is 4.79 Å². The van der Waals surface area contributed by atoms with E-state index in [1.807, 2.05) is 58.4 Å². The molecule has 0 atom stereocenters. The normalized spacial score (nSPS) is 13.2. The second kappa shape index (κ2) is 6.46. The highest BCUT2D eigenvalue weighted by atomic mass is 16.6. The maximum absolute atomic E-state index is 11.9. The van der Waals surface area contributed by atoms with E-state index in [1.165, 1.54) is 6.92 Å². The Morgan fingerprint density at radius 3 is 2.68 bits per heavy atom. The minimum atomic E-state index is -0.406. The first-order chi connectivity index (χ1) is 15.1. The number of para-hydroxylation sites is 2. The molecule has 0 fully saturated rings. The van der Waals surface area contributed by atoms with Crippen LogP contribution in [0.4, 0.5) is 0 Å². The fourth-order valence-corrected chi connectivity index (χ4v) is 4.13. The van der Waals surface area contributed by atoms with E-state index in [1.54, 1.807) is 6.20 Å². The quantitative estimate of drug-likeness (QED) is 0.409. The third kappa shape index (κ3) is 2.64. The van der Waals surface area contributed by atoms with Gasteiger partial charge in [0, 0.05) is 13.0 Å². The van der Waals surface area contributed by atoms with Crippen molar-refractivity contribution in [1.29, 1.82) is 0 Å². The number of imidazole rings is 1. The minimum Gasteiger partial charge on any atom is -0.486 e. The topological polar surface area (TPSA) is 79.9 Å². The molecule has 1 aliphatic rings. The van der Waals surface area contributed by atoms with E-state index in [-0.39, 0.29) is 0 Å². The fraction of sp³-hybridized carbons (Fsp3) is 0.174. The van der Waals surface area contributed by atoms with Gasteiger partial charge in [0.25, 0.3) is 0 Å². The second-order valence-corrected chi connectivity index (χ2v) is 7.40. The van der Waals surface area contributed by atoms with Gasteiger partial charge in [-0.05, 0) is 31.2 Å². The molecular formula is C23H18N4O4. The molecule has 0 aliphatic carbocycles. The fourth-order valence-electron chi connectivity index (χ4n) is 4.13. The lowest BCUT2D eigenvalue weighted by molar-refractivity contribution is -0.131. The van der Waals surface area contributed by atoms with Gasteiger partial charge < -0.3 is 14.2 Å². The Kier molecular flexibility index (Phi) is 3.70. The van der Waals surface area contributed by atoms with E-state index >= 15 is 0 Å². The molecule has 0 N–H and O–H groups in total. The van der Waals surface area contributed by atoms with E-state index in [0.717, 1.165) is 22.5 Å². The number of benzene rings is 2. The number of carbonyl (C=O) groups excluding carboxylic acids is 1. The number of carbonyl (C=O) groups is 1. The number of fused-ring (bicyclic) bond motifs is 6. The average Bonchev–Trinajstić information content (AvgIpc) is 3.32. The molecular weight excluding hydrogens is 396 g/mol. The molecule has 6 rings (SSSR count). The maximum Gasteiger partial charge on any atom is 0.308 e. The van der Waals surface area contributed by atoms with Gasteiger partial charge in [-0.2, -0.15) is 0 Å². The first kappa shape index (κ1) is 17.8. The molecule has 3 aromatic heterocycles. The lowest BCUT2D eigenvalue weighted by Gasteiger charge is -2.19. The average molecular weight is 414 g/mol. The predicted octanol–water partition coefficient (Wildman–Crippen LogP) is 3.83. The molecule has 8 heteroatoms. The Balaban J connectivity index is 1.69. The molecule has 0 saturated carbocycles. The SMILES string of the molecule is CC(=O)Oc1cn(-c2ccc3c(c2)OCCO3)c2nc(C)n3c4ccccc4nc3c12. The highest BCUT2D eigenvalue weighted by Crippen LogP contribution is 2.37. The third-order valence-corrected chi connectivity index (χ3v) is 5.38. The lowest BCUT2D eigenvalue weighted by Crippen LogP contribution is -2.15. The van der Waals surface area contributed by atoms with Crippen molar-refractivity contribution in [1.82, 2.24) is 18.9 Å². The second-order valence-electron chi connectivity index (χ2n) is 7.40. The summed E-state index contributed by atoms with van der Waals surface area (Å²) in [6.45, 7) is 4.35. The van der Waals surface area contributed by atoms with Gasteiger partial charge in [-0.1, -0.05) is 12.1 Å². The standard InChI is InChI=1S/C23H18N4O4/c1-13-24-22-21(23-25-16-5-3-4-6-17(16)27(13)23)20(31-14(2)28)12-26(22)15-7-8-18-19(11-15)30-10-9-29-18/h3-8,11-12H,9-10H2,1-2H3. The Bertz CT molecular complexity index is 1520.